The van der Waals surface area contributed by atoms with Crippen LogP contribution in [0.15, 0.2) is 24.3 Å². The maximum Gasteiger partial charge on any atom is 0.0405 e. The molecular formula is C17H27N3. The van der Waals surface area contributed by atoms with Gasteiger partial charge in [0.05, 0.1) is 0 Å². The molecule has 0 radical (unpaired) electrons. The second kappa shape index (κ2) is 6.15. The lowest BCUT2D eigenvalue weighted by Crippen LogP contribution is -2.35. The monoisotopic (exact) mass is 273 g/mol. The largest absolute Gasteiger partial charge is 0.368 e. The van der Waals surface area contributed by atoms with Gasteiger partial charge >= 0.3 is 0 Å². The molecule has 2 aliphatic heterocycles. The average molecular weight is 273 g/mol. The third kappa shape index (κ3) is 2.70. The summed E-state index contributed by atoms with van der Waals surface area (Å²) in [6, 6.07) is 9.68. The molecule has 1 aromatic rings. The molecule has 0 bridgehead atoms. The van der Waals surface area contributed by atoms with Crippen LogP contribution in [0.5, 0.6) is 0 Å². The molecule has 0 spiro atoms. The lowest BCUT2D eigenvalue weighted by Gasteiger charge is -2.30. The van der Waals surface area contributed by atoms with Crippen LogP contribution < -0.4 is 10.6 Å². The standard InChI is InChI=1S/C17H27N3/c1-19-11-4-5-15(9-12-19)20-13-14(8-10-18)16-6-2-3-7-17(16)20/h2-3,6-7,14-15H,4-5,8-13,18H2,1H3. The van der Waals surface area contributed by atoms with E-state index in [4.69, 9.17) is 5.73 Å². The Balaban J connectivity index is 1.80. The van der Waals surface area contributed by atoms with Crippen molar-refractivity contribution in [1.29, 1.82) is 0 Å². The summed E-state index contributed by atoms with van der Waals surface area (Å²) in [4.78, 5) is 5.15. The lowest BCUT2D eigenvalue weighted by atomic mass is 9.98. The Labute approximate surface area is 122 Å². The fraction of sp³-hybridized carbons (Fsp3) is 0.647. The van der Waals surface area contributed by atoms with Gasteiger partial charge in [0.25, 0.3) is 0 Å². The summed E-state index contributed by atoms with van der Waals surface area (Å²) < 4.78 is 0. The van der Waals surface area contributed by atoms with Gasteiger partial charge in [-0.15, -0.1) is 0 Å². The molecule has 2 N–H and O–H groups in total. The van der Waals surface area contributed by atoms with Gasteiger partial charge in [0.1, 0.15) is 0 Å². The zero-order valence-electron chi connectivity index (χ0n) is 12.6. The lowest BCUT2D eigenvalue weighted by molar-refractivity contribution is 0.346. The number of nitrogens with two attached hydrogens (primary N) is 1. The minimum atomic E-state index is 0.636. The molecule has 1 saturated heterocycles. The van der Waals surface area contributed by atoms with Crippen LogP contribution in [0.2, 0.25) is 0 Å². The van der Waals surface area contributed by atoms with Gasteiger partial charge in [-0.3, -0.25) is 0 Å². The SMILES string of the molecule is CN1CCCC(N2CC(CCN)c3ccccc32)CC1. The number of fused-ring (bicyclic) bond motifs is 1. The van der Waals surface area contributed by atoms with Crippen LogP contribution in [0.25, 0.3) is 0 Å². The van der Waals surface area contributed by atoms with Crippen molar-refractivity contribution in [3.63, 3.8) is 0 Å². The van der Waals surface area contributed by atoms with Crippen LogP contribution in [0, 0.1) is 0 Å². The van der Waals surface area contributed by atoms with E-state index in [1.54, 1.807) is 0 Å². The summed E-state index contributed by atoms with van der Waals surface area (Å²) >= 11 is 0. The highest BCUT2D eigenvalue weighted by Gasteiger charge is 2.32. The Kier molecular flexibility index (Phi) is 4.27. The van der Waals surface area contributed by atoms with E-state index in [0.29, 0.717) is 12.0 Å². The second-order valence-corrected chi connectivity index (χ2v) is 6.37. The summed E-state index contributed by atoms with van der Waals surface area (Å²) in [5.41, 5.74) is 8.80. The molecule has 0 amide bonds. The molecule has 20 heavy (non-hydrogen) atoms. The second-order valence-electron chi connectivity index (χ2n) is 6.37. The zero-order valence-corrected chi connectivity index (χ0v) is 12.6. The summed E-state index contributed by atoms with van der Waals surface area (Å²) in [7, 11) is 2.25. The number of likely N-dealkylation sites (tertiary alicyclic amines) is 1. The number of hydrogen-bond acceptors (Lipinski definition) is 3. The van der Waals surface area contributed by atoms with Gasteiger partial charge in [0.2, 0.25) is 0 Å². The predicted octanol–water partition coefficient (Wildman–Crippen LogP) is 2.42. The average Bonchev–Trinajstić information content (AvgIpc) is 2.68. The fourth-order valence-corrected chi connectivity index (χ4v) is 3.86. The summed E-state index contributed by atoms with van der Waals surface area (Å²) in [5, 5.41) is 0. The molecule has 0 aliphatic carbocycles. The molecule has 3 rings (SSSR count). The van der Waals surface area contributed by atoms with Gasteiger partial charge in [-0.25, -0.2) is 0 Å². The number of benzene rings is 1. The quantitative estimate of drug-likeness (QED) is 0.918. The van der Waals surface area contributed by atoms with Crippen LogP contribution >= 0.6 is 0 Å². The number of rotatable bonds is 3. The summed E-state index contributed by atoms with van der Waals surface area (Å²) in [6.45, 7) is 4.44. The summed E-state index contributed by atoms with van der Waals surface area (Å²) in [5.74, 6) is 0.636. The first-order chi connectivity index (χ1) is 9.79. The highest BCUT2D eigenvalue weighted by Crippen LogP contribution is 2.40. The van der Waals surface area contributed by atoms with E-state index in [1.807, 2.05) is 0 Å². The number of anilines is 1. The van der Waals surface area contributed by atoms with Gasteiger partial charge < -0.3 is 15.5 Å². The molecule has 2 aliphatic rings. The van der Waals surface area contributed by atoms with Gasteiger partial charge in [-0.2, -0.15) is 0 Å². The van der Waals surface area contributed by atoms with Crippen molar-refractivity contribution in [2.45, 2.75) is 37.6 Å². The maximum atomic E-state index is 5.81. The number of para-hydroxylation sites is 1. The molecular weight excluding hydrogens is 246 g/mol. The van der Waals surface area contributed by atoms with Crippen molar-refractivity contribution in [1.82, 2.24) is 4.90 Å². The Hall–Kier alpha value is -1.06. The fourth-order valence-electron chi connectivity index (χ4n) is 3.86. The van der Waals surface area contributed by atoms with Crippen LogP contribution in [0.3, 0.4) is 0 Å². The van der Waals surface area contributed by atoms with E-state index >= 15 is 0 Å². The first-order valence-electron chi connectivity index (χ1n) is 8.03. The summed E-state index contributed by atoms with van der Waals surface area (Å²) in [6.07, 6.45) is 5.05. The van der Waals surface area contributed by atoms with Crippen molar-refractivity contribution < 1.29 is 0 Å². The minimum absolute atomic E-state index is 0.636. The van der Waals surface area contributed by atoms with E-state index in [1.165, 1.54) is 50.1 Å². The highest BCUT2D eigenvalue weighted by molar-refractivity contribution is 5.61. The molecule has 2 heterocycles. The van der Waals surface area contributed by atoms with E-state index < -0.39 is 0 Å². The van der Waals surface area contributed by atoms with Crippen molar-refractivity contribution in [2.24, 2.45) is 5.73 Å². The first kappa shape index (κ1) is 13.9. The van der Waals surface area contributed by atoms with Crippen molar-refractivity contribution >= 4 is 5.69 Å². The van der Waals surface area contributed by atoms with E-state index in [9.17, 15) is 0 Å². The maximum absolute atomic E-state index is 5.81. The molecule has 3 nitrogen and oxygen atoms in total. The molecule has 3 heteroatoms. The first-order valence-corrected chi connectivity index (χ1v) is 8.03. The van der Waals surface area contributed by atoms with Crippen molar-refractivity contribution in [3.8, 4) is 0 Å². The molecule has 110 valence electrons. The molecule has 2 unspecified atom stereocenters. The Morgan fingerprint density at radius 2 is 2.05 bits per heavy atom. The van der Waals surface area contributed by atoms with Gasteiger partial charge in [-0.1, -0.05) is 18.2 Å². The van der Waals surface area contributed by atoms with Crippen LogP contribution in [-0.2, 0) is 0 Å². The Bertz CT molecular complexity index is 446. The number of hydrogen-bond donors (Lipinski definition) is 1. The van der Waals surface area contributed by atoms with Crippen molar-refractivity contribution in [2.75, 3.05) is 38.1 Å². The molecule has 0 saturated carbocycles. The molecule has 1 aromatic carbocycles. The van der Waals surface area contributed by atoms with Gasteiger partial charge in [0, 0.05) is 24.2 Å². The van der Waals surface area contributed by atoms with Gasteiger partial charge in [0.15, 0.2) is 0 Å². The van der Waals surface area contributed by atoms with E-state index in [-0.39, 0.29) is 0 Å². The predicted molar refractivity (Wildman–Crippen MR) is 85.3 cm³/mol. The normalized spacial score (nSPS) is 27.4. The minimum Gasteiger partial charge on any atom is -0.368 e. The highest BCUT2D eigenvalue weighted by atomic mass is 15.2. The smallest absolute Gasteiger partial charge is 0.0405 e. The van der Waals surface area contributed by atoms with E-state index in [2.05, 4.69) is 41.1 Å². The third-order valence-corrected chi connectivity index (χ3v) is 4.98. The van der Waals surface area contributed by atoms with Crippen LogP contribution in [-0.4, -0.2) is 44.2 Å². The van der Waals surface area contributed by atoms with Crippen molar-refractivity contribution in [3.05, 3.63) is 29.8 Å². The van der Waals surface area contributed by atoms with Crippen LogP contribution in [0.1, 0.15) is 37.2 Å². The topological polar surface area (TPSA) is 32.5 Å². The molecule has 0 aromatic heterocycles. The number of nitrogens with zero attached hydrogens (tertiary/aromatic N) is 2. The Morgan fingerprint density at radius 1 is 1.20 bits per heavy atom. The van der Waals surface area contributed by atoms with E-state index in [0.717, 1.165) is 13.0 Å². The van der Waals surface area contributed by atoms with Crippen LogP contribution in [0.4, 0.5) is 5.69 Å². The Morgan fingerprint density at radius 3 is 2.90 bits per heavy atom. The molecule has 2 atom stereocenters. The third-order valence-electron chi connectivity index (χ3n) is 4.98. The molecule has 1 fully saturated rings. The zero-order chi connectivity index (χ0) is 13.9. The van der Waals surface area contributed by atoms with Gasteiger partial charge in [-0.05, 0) is 64.0 Å².